The summed E-state index contributed by atoms with van der Waals surface area (Å²) < 4.78 is 2.86. The molecule has 5 heteroatoms. The Hall–Kier alpha value is -1.10. The Labute approximate surface area is 84.1 Å². The number of H-pyrrole nitrogens is 1. The fourth-order valence-corrected chi connectivity index (χ4v) is 1.66. The molecule has 0 amide bonds. The SMILES string of the molecule is CCn1cc(Br)c(-c2ccn[nH]2)n1. The molecule has 0 fully saturated rings. The lowest BCUT2D eigenvalue weighted by atomic mass is 10.3. The third-order valence-electron chi connectivity index (χ3n) is 1.80. The summed E-state index contributed by atoms with van der Waals surface area (Å²) in [6.07, 6.45) is 3.67. The summed E-state index contributed by atoms with van der Waals surface area (Å²) >= 11 is 3.45. The molecule has 0 spiro atoms. The molecule has 1 N–H and O–H groups in total. The molecule has 0 saturated carbocycles. The van der Waals surface area contributed by atoms with Crippen LogP contribution in [0, 0.1) is 0 Å². The molecule has 0 aromatic carbocycles. The van der Waals surface area contributed by atoms with Gasteiger partial charge in [0.2, 0.25) is 0 Å². The summed E-state index contributed by atoms with van der Waals surface area (Å²) in [6, 6.07) is 1.90. The molecule has 0 bridgehead atoms. The quantitative estimate of drug-likeness (QED) is 0.874. The number of aromatic nitrogens is 4. The van der Waals surface area contributed by atoms with Gasteiger partial charge in [0, 0.05) is 18.9 Å². The van der Waals surface area contributed by atoms with Gasteiger partial charge in [-0.3, -0.25) is 9.78 Å². The smallest absolute Gasteiger partial charge is 0.124 e. The van der Waals surface area contributed by atoms with Crippen LogP contribution >= 0.6 is 15.9 Å². The van der Waals surface area contributed by atoms with Crippen LogP contribution in [0.15, 0.2) is 22.9 Å². The predicted octanol–water partition coefficient (Wildman–Crippen LogP) is 2.06. The van der Waals surface area contributed by atoms with Crippen LogP contribution in [0.1, 0.15) is 6.92 Å². The minimum Gasteiger partial charge on any atom is -0.276 e. The van der Waals surface area contributed by atoms with Crippen LogP contribution < -0.4 is 0 Å². The van der Waals surface area contributed by atoms with E-state index in [2.05, 4.69) is 38.1 Å². The van der Waals surface area contributed by atoms with E-state index in [-0.39, 0.29) is 0 Å². The normalized spacial score (nSPS) is 10.6. The average Bonchev–Trinajstić information content (AvgIpc) is 2.72. The van der Waals surface area contributed by atoms with Gasteiger partial charge in [-0.25, -0.2) is 0 Å². The molecule has 2 aromatic heterocycles. The molecular formula is C8H9BrN4. The second-order valence-corrected chi connectivity index (χ2v) is 3.51. The van der Waals surface area contributed by atoms with E-state index in [1.54, 1.807) is 6.20 Å². The van der Waals surface area contributed by atoms with E-state index in [9.17, 15) is 0 Å². The van der Waals surface area contributed by atoms with E-state index >= 15 is 0 Å². The lowest BCUT2D eigenvalue weighted by Gasteiger charge is -1.91. The molecule has 0 radical (unpaired) electrons. The summed E-state index contributed by atoms with van der Waals surface area (Å²) in [5, 5.41) is 11.1. The van der Waals surface area contributed by atoms with Crippen LogP contribution in [0.25, 0.3) is 11.4 Å². The van der Waals surface area contributed by atoms with Crippen LogP contribution in [0.4, 0.5) is 0 Å². The van der Waals surface area contributed by atoms with Gasteiger partial charge in [-0.05, 0) is 28.9 Å². The van der Waals surface area contributed by atoms with E-state index in [1.165, 1.54) is 0 Å². The molecule has 0 saturated heterocycles. The van der Waals surface area contributed by atoms with E-state index in [0.717, 1.165) is 22.4 Å². The third kappa shape index (κ3) is 1.51. The second kappa shape index (κ2) is 3.33. The first kappa shape index (κ1) is 8.50. The van der Waals surface area contributed by atoms with Crippen LogP contribution in [-0.2, 0) is 6.54 Å². The van der Waals surface area contributed by atoms with Crippen LogP contribution in [0.2, 0.25) is 0 Å². The van der Waals surface area contributed by atoms with Crippen LogP contribution in [0.3, 0.4) is 0 Å². The maximum absolute atomic E-state index is 4.37. The monoisotopic (exact) mass is 240 g/mol. The summed E-state index contributed by atoms with van der Waals surface area (Å²) in [5.74, 6) is 0. The van der Waals surface area contributed by atoms with Gasteiger partial charge in [-0.2, -0.15) is 10.2 Å². The minimum atomic E-state index is 0.868. The standard InChI is InChI=1S/C8H9BrN4/c1-2-13-5-6(9)8(12-13)7-3-4-10-11-7/h3-5H,2H2,1H3,(H,10,11). The van der Waals surface area contributed by atoms with Crippen LogP contribution in [0.5, 0.6) is 0 Å². The van der Waals surface area contributed by atoms with Crippen molar-refractivity contribution in [2.45, 2.75) is 13.5 Å². The highest BCUT2D eigenvalue weighted by Crippen LogP contribution is 2.24. The number of aromatic amines is 1. The lowest BCUT2D eigenvalue weighted by molar-refractivity contribution is 0.661. The first-order chi connectivity index (χ1) is 6.31. The largest absolute Gasteiger partial charge is 0.276 e. The molecule has 68 valence electrons. The number of hydrogen-bond acceptors (Lipinski definition) is 2. The van der Waals surface area contributed by atoms with Gasteiger partial charge < -0.3 is 0 Å². The van der Waals surface area contributed by atoms with Gasteiger partial charge in [0.15, 0.2) is 0 Å². The third-order valence-corrected chi connectivity index (χ3v) is 2.38. The van der Waals surface area contributed by atoms with Crippen molar-refractivity contribution >= 4 is 15.9 Å². The molecule has 2 rings (SSSR count). The van der Waals surface area contributed by atoms with Crippen molar-refractivity contribution in [1.29, 1.82) is 0 Å². The fraction of sp³-hybridized carbons (Fsp3) is 0.250. The topological polar surface area (TPSA) is 46.5 Å². The summed E-state index contributed by atoms with van der Waals surface area (Å²) in [5.41, 5.74) is 1.83. The van der Waals surface area contributed by atoms with Crippen molar-refractivity contribution in [2.24, 2.45) is 0 Å². The van der Waals surface area contributed by atoms with E-state index in [4.69, 9.17) is 0 Å². The summed E-state index contributed by atoms with van der Waals surface area (Å²) in [6.45, 7) is 2.92. The molecule has 4 nitrogen and oxygen atoms in total. The molecule has 0 atom stereocenters. The number of rotatable bonds is 2. The molecule has 0 aliphatic rings. The zero-order chi connectivity index (χ0) is 9.26. The Morgan fingerprint density at radius 2 is 2.46 bits per heavy atom. The number of nitrogens with one attached hydrogen (secondary N) is 1. The Bertz CT molecular complexity index is 390. The Kier molecular flexibility index (Phi) is 2.18. The Balaban J connectivity index is 2.46. The van der Waals surface area contributed by atoms with Crippen molar-refractivity contribution in [2.75, 3.05) is 0 Å². The van der Waals surface area contributed by atoms with Gasteiger partial charge in [0.1, 0.15) is 5.69 Å². The Morgan fingerprint density at radius 3 is 3.00 bits per heavy atom. The zero-order valence-corrected chi connectivity index (χ0v) is 8.74. The van der Waals surface area contributed by atoms with Crippen molar-refractivity contribution < 1.29 is 0 Å². The molecule has 2 aromatic rings. The summed E-state index contributed by atoms with van der Waals surface area (Å²) in [7, 11) is 0. The highest BCUT2D eigenvalue weighted by atomic mass is 79.9. The van der Waals surface area contributed by atoms with Gasteiger partial charge in [-0.15, -0.1) is 0 Å². The van der Waals surface area contributed by atoms with E-state index < -0.39 is 0 Å². The lowest BCUT2D eigenvalue weighted by Crippen LogP contribution is -1.93. The predicted molar refractivity (Wildman–Crippen MR) is 53.2 cm³/mol. The van der Waals surface area contributed by atoms with Crippen LogP contribution in [-0.4, -0.2) is 20.0 Å². The van der Waals surface area contributed by atoms with E-state index in [1.807, 2.05) is 16.9 Å². The zero-order valence-electron chi connectivity index (χ0n) is 7.16. The van der Waals surface area contributed by atoms with Gasteiger partial charge in [-0.1, -0.05) is 0 Å². The maximum atomic E-state index is 4.37. The molecule has 13 heavy (non-hydrogen) atoms. The molecule has 0 aliphatic carbocycles. The van der Waals surface area contributed by atoms with Crippen molar-refractivity contribution in [3.05, 3.63) is 22.9 Å². The van der Waals surface area contributed by atoms with Gasteiger partial charge in [0.25, 0.3) is 0 Å². The molecule has 0 aliphatic heterocycles. The van der Waals surface area contributed by atoms with Crippen molar-refractivity contribution in [3.8, 4) is 11.4 Å². The number of nitrogens with zero attached hydrogens (tertiary/aromatic N) is 3. The number of hydrogen-bond donors (Lipinski definition) is 1. The second-order valence-electron chi connectivity index (χ2n) is 2.65. The highest BCUT2D eigenvalue weighted by Gasteiger charge is 2.08. The molecule has 0 unspecified atom stereocenters. The fourth-order valence-electron chi connectivity index (χ4n) is 1.13. The van der Waals surface area contributed by atoms with Crippen molar-refractivity contribution in [3.63, 3.8) is 0 Å². The Morgan fingerprint density at radius 1 is 1.62 bits per heavy atom. The first-order valence-electron chi connectivity index (χ1n) is 4.04. The highest BCUT2D eigenvalue weighted by molar-refractivity contribution is 9.10. The molecular weight excluding hydrogens is 232 g/mol. The number of aryl methyl sites for hydroxylation is 1. The first-order valence-corrected chi connectivity index (χ1v) is 4.83. The minimum absolute atomic E-state index is 0.868. The average molecular weight is 241 g/mol. The number of halogens is 1. The summed E-state index contributed by atoms with van der Waals surface area (Å²) in [4.78, 5) is 0. The van der Waals surface area contributed by atoms with Crippen molar-refractivity contribution in [1.82, 2.24) is 20.0 Å². The van der Waals surface area contributed by atoms with Gasteiger partial charge in [0.05, 0.1) is 10.2 Å². The van der Waals surface area contributed by atoms with E-state index in [0.29, 0.717) is 0 Å². The molecule has 2 heterocycles. The van der Waals surface area contributed by atoms with Gasteiger partial charge >= 0.3 is 0 Å². The maximum Gasteiger partial charge on any atom is 0.124 e.